The number of aryl methyl sites for hydroxylation is 1. The summed E-state index contributed by atoms with van der Waals surface area (Å²) < 4.78 is 1.66. The number of amides is 1. The third-order valence-electron chi connectivity index (χ3n) is 4.21. The number of rotatable bonds is 6. The van der Waals surface area contributed by atoms with Gasteiger partial charge in [-0.25, -0.2) is 9.67 Å². The van der Waals surface area contributed by atoms with Crippen molar-refractivity contribution in [1.29, 1.82) is 0 Å². The molecule has 0 aliphatic heterocycles. The van der Waals surface area contributed by atoms with Gasteiger partial charge in [-0.2, -0.15) is 0 Å². The van der Waals surface area contributed by atoms with E-state index in [0.717, 1.165) is 12.1 Å². The number of nitrogens with zero attached hydrogens (tertiary/aromatic N) is 4. The molecule has 5 nitrogen and oxygen atoms in total. The lowest BCUT2D eigenvalue weighted by Gasteiger charge is -2.19. The minimum absolute atomic E-state index is 0.153. The summed E-state index contributed by atoms with van der Waals surface area (Å²) in [6, 6.07) is 17.4. The summed E-state index contributed by atoms with van der Waals surface area (Å²) in [5, 5.41) is 5.06. The first-order chi connectivity index (χ1) is 12.6. The predicted octanol–water partition coefficient (Wildman–Crippen LogP) is 3.93. The second kappa shape index (κ2) is 8.15. The van der Waals surface area contributed by atoms with Gasteiger partial charge in [0.25, 0.3) is 5.91 Å². The van der Waals surface area contributed by atoms with Crippen molar-refractivity contribution in [1.82, 2.24) is 19.7 Å². The standard InChI is InChI=1S/C20H21ClN4O/c1-3-24(14-13-16-7-5-4-6-8-16)20(26)19-22-15(2)25(23-19)18-11-9-17(21)10-12-18/h4-12H,3,13-14H2,1-2H3. The molecule has 6 heteroatoms. The second-order valence-corrected chi connectivity index (χ2v) is 6.43. The Hall–Kier alpha value is -2.66. The van der Waals surface area contributed by atoms with E-state index in [2.05, 4.69) is 22.2 Å². The van der Waals surface area contributed by atoms with Gasteiger partial charge < -0.3 is 4.90 Å². The summed E-state index contributed by atoms with van der Waals surface area (Å²) >= 11 is 5.93. The first kappa shape index (κ1) is 18.1. The fourth-order valence-corrected chi connectivity index (χ4v) is 2.89. The fourth-order valence-electron chi connectivity index (χ4n) is 2.76. The SMILES string of the molecule is CCN(CCc1ccccc1)C(=O)c1nc(C)n(-c2ccc(Cl)cc2)n1. The molecule has 1 aromatic heterocycles. The second-order valence-electron chi connectivity index (χ2n) is 5.99. The van der Waals surface area contributed by atoms with Crippen LogP contribution in [-0.4, -0.2) is 38.7 Å². The lowest BCUT2D eigenvalue weighted by atomic mass is 10.1. The van der Waals surface area contributed by atoms with Gasteiger partial charge in [-0.3, -0.25) is 4.79 Å². The maximum atomic E-state index is 12.8. The van der Waals surface area contributed by atoms with E-state index in [4.69, 9.17) is 11.6 Å². The van der Waals surface area contributed by atoms with Gasteiger partial charge in [-0.15, -0.1) is 5.10 Å². The van der Waals surface area contributed by atoms with E-state index in [1.165, 1.54) is 5.56 Å². The van der Waals surface area contributed by atoms with Crippen LogP contribution in [0.1, 0.15) is 28.9 Å². The summed E-state index contributed by atoms with van der Waals surface area (Å²) in [5.74, 6) is 0.724. The van der Waals surface area contributed by atoms with Crippen LogP contribution < -0.4 is 0 Å². The zero-order chi connectivity index (χ0) is 18.5. The van der Waals surface area contributed by atoms with Crippen LogP contribution in [0.3, 0.4) is 0 Å². The van der Waals surface area contributed by atoms with Crippen molar-refractivity contribution in [2.24, 2.45) is 0 Å². The Morgan fingerprint density at radius 1 is 1.12 bits per heavy atom. The zero-order valence-electron chi connectivity index (χ0n) is 14.9. The number of likely N-dealkylation sites (N-methyl/N-ethyl adjacent to an activating group) is 1. The highest BCUT2D eigenvalue weighted by atomic mass is 35.5. The van der Waals surface area contributed by atoms with Crippen LogP contribution in [0.5, 0.6) is 0 Å². The van der Waals surface area contributed by atoms with E-state index in [9.17, 15) is 4.79 Å². The third kappa shape index (κ3) is 4.11. The molecule has 1 heterocycles. The van der Waals surface area contributed by atoms with Crippen molar-refractivity contribution in [3.05, 3.63) is 76.8 Å². The Balaban J connectivity index is 1.75. The van der Waals surface area contributed by atoms with Crippen LogP contribution in [0.25, 0.3) is 5.69 Å². The van der Waals surface area contributed by atoms with Gasteiger partial charge >= 0.3 is 0 Å². The van der Waals surface area contributed by atoms with Crippen molar-refractivity contribution in [3.8, 4) is 5.69 Å². The minimum atomic E-state index is -0.153. The maximum absolute atomic E-state index is 12.8. The summed E-state index contributed by atoms with van der Waals surface area (Å²) in [6.45, 7) is 5.04. The molecule has 2 aromatic carbocycles. The molecule has 0 saturated heterocycles. The summed E-state index contributed by atoms with van der Waals surface area (Å²) in [7, 11) is 0. The number of halogens is 1. The molecule has 26 heavy (non-hydrogen) atoms. The van der Waals surface area contributed by atoms with Gasteiger partial charge in [0.1, 0.15) is 5.82 Å². The largest absolute Gasteiger partial charge is 0.336 e. The van der Waals surface area contributed by atoms with Crippen molar-refractivity contribution in [2.75, 3.05) is 13.1 Å². The highest BCUT2D eigenvalue weighted by molar-refractivity contribution is 6.30. The smallest absolute Gasteiger partial charge is 0.293 e. The van der Waals surface area contributed by atoms with Crippen LogP contribution >= 0.6 is 11.6 Å². The van der Waals surface area contributed by atoms with Crippen molar-refractivity contribution < 1.29 is 4.79 Å². The Kier molecular flexibility index (Phi) is 5.68. The number of aromatic nitrogens is 3. The number of hydrogen-bond acceptors (Lipinski definition) is 3. The Morgan fingerprint density at radius 3 is 2.46 bits per heavy atom. The molecule has 0 saturated carbocycles. The molecule has 0 unspecified atom stereocenters. The Labute approximate surface area is 158 Å². The van der Waals surface area contributed by atoms with Crippen LogP contribution in [0.4, 0.5) is 0 Å². The number of carbonyl (C=O) groups is 1. The average molecular weight is 369 g/mol. The predicted molar refractivity (Wildman–Crippen MR) is 103 cm³/mol. The van der Waals surface area contributed by atoms with Gasteiger partial charge in [0, 0.05) is 18.1 Å². The van der Waals surface area contributed by atoms with E-state index in [0.29, 0.717) is 23.9 Å². The summed E-state index contributed by atoms with van der Waals surface area (Å²) in [5.41, 5.74) is 2.03. The van der Waals surface area contributed by atoms with E-state index in [1.54, 1.807) is 21.7 Å². The van der Waals surface area contributed by atoms with E-state index >= 15 is 0 Å². The number of benzene rings is 2. The zero-order valence-corrected chi connectivity index (χ0v) is 15.6. The molecule has 0 bridgehead atoms. The topological polar surface area (TPSA) is 51.0 Å². The van der Waals surface area contributed by atoms with E-state index in [-0.39, 0.29) is 11.7 Å². The lowest BCUT2D eigenvalue weighted by Crippen LogP contribution is -2.33. The van der Waals surface area contributed by atoms with Gasteiger partial charge in [-0.1, -0.05) is 41.9 Å². The Bertz CT molecular complexity index is 875. The summed E-state index contributed by atoms with van der Waals surface area (Å²) in [4.78, 5) is 18.9. The van der Waals surface area contributed by atoms with Crippen molar-refractivity contribution >= 4 is 17.5 Å². The molecule has 134 valence electrons. The third-order valence-corrected chi connectivity index (χ3v) is 4.47. The maximum Gasteiger partial charge on any atom is 0.293 e. The number of hydrogen-bond donors (Lipinski definition) is 0. The van der Waals surface area contributed by atoms with Crippen LogP contribution in [0.2, 0.25) is 5.02 Å². The first-order valence-electron chi connectivity index (χ1n) is 8.61. The highest BCUT2D eigenvalue weighted by Crippen LogP contribution is 2.15. The molecule has 1 amide bonds. The monoisotopic (exact) mass is 368 g/mol. The molecule has 0 atom stereocenters. The molecule has 0 spiro atoms. The number of carbonyl (C=O) groups excluding carboxylic acids is 1. The van der Waals surface area contributed by atoms with E-state index in [1.807, 2.05) is 44.2 Å². The molecular formula is C20H21ClN4O. The van der Waals surface area contributed by atoms with Gasteiger partial charge in [0.15, 0.2) is 0 Å². The molecule has 3 aromatic rings. The van der Waals surface area contributed by atoms with E-state index < -0.39 is 0 Å². The van der Waals surface area contributed by atoms with Crippen molar-refractivity contribution in [3.63, 3.8) is 0 Å². The fraction of sp³-hybridized carbons (Fsp3) is 0.250. The van der Waals surface area contributed by atoms with Crippen LogP contribution in [0, 0.1) is 6.92 Å². The molecule has 0 fully saturated rings. The normalized spacial score (nSPS) is 10.7. The quantitative estimate of drug-likeness (QED) is 0.662. The van der Waals surface area contributed by atoms with Gasteiger partial charge in [0.2, 0.25) is 5.82 Å². The van der Waals surface area contributed by atoms with Crippen LogP contribution in [0.15, 0.2) is 54.6 Å². The average Bonchev–Trinajstić information content (AvgIpc) is 3.05. The lowest BCUT2D eigenvalue weighted by molar-refractivity contribution is 0.0754. The molecule has 0 aliphatic rings. The van der Waals surface area contributed by atoms with Gasteiger partial charge in [0.05, 0.1) is 5.69 Å². The molecule has 0 aliphatic carbocycles. The molecule has 3 rings (SSSR count). The molecule has 0 radical (unpaired) electrons. The highest BCUT2D eigenvalue weighted by Gasteiger charge is 2.20. The summed E-state index contributed by atoms with van der Waals surface area (Å²) in [6.07, 6.45) is 0.803. The van der Waals surface area contributed by atoms with Crippen LogP contribution in [-0.2, 0) is 6.42 Å². The van der Waals surface area contributed by atoms with Gasteiger partial charge in [-0.05, 0) is 50.1 Å². The minimum Gasteiger partial charge on any atom is -0.336 e. The molecular weight excluding hydrogens is 348 g/mol. The van der Waals surface area contributed by atoms with Crippen molar-refractivity contribution in [2.45, 2.75) is 20.3 Å². The molecule has 0 N–H and O–H groups in total. The Morgan fingerprint density at radius 2 is 1.81 bits per heavy atom. The first-order valence-corrected chi connectivity index (χ1v) is 8.99.